The summed E-state index contributed by atoms with van der Waals surface area (Å²) in [6.45, 7) is 3.83. The molecule has 2 aromatic rings. The first-order valence-electron chi connectivity index (χ1n) is 7.45. The summed E-state index contributed by atoms with van der Waals surface area (Å²) in [7, 11) is 4.03. The van der Waals surface area contributed by atoms with E-state index in [0.29, 0.717) is 6.54 Å². The van der Waals surface area contributed by atoms with Crippen LogP contribution in [0.5, 0.6) is 0 Å². The molecule has 1 aromatic heterocycles. The summed E-state index contributed by atoms with van der Waals surface area (Å²) in [5.74, 6) is -1.20. The minimum Gasteiger partial charge on any atom is -0.481 e. The Hall–Kier alpha value is -2.14. The van der Waals surface area contributed by atoms with Crippen molar-refractivity contribution < 1.29 is 9.90 Å². The van der Waals surface area contributed by atoms with E-state index in [4.69, 9.17) is 0 Å². The van der Waals surface area contributed by atoms with Crippen molar-refractivity contribution in [3.63, 3.8) is 0 Å². The molecule has 5 nitrogen and oxygen atoms in total. The van der Waals surface area contributed by atoms with Gasteiger partial charge in [0.25, 0.3) is 0 Å². The maximum atomic E-state index is 11.2. The van der Waals surface area contributed by atoms with E-state index < -0.39 is 11.9 Å². The molecule has 0 aliphatic heterocycles. The van der Waals surface area contributed by atoms with Crippen LogP contribution in [0, 0.1) is 5.92 Å². The summed E-state index contributed by atoms with van der Waals surface area (Å²) in [6.07, 6.45) is 1.77. The number of para-hydroxylation sites is 1. The van der Waals surface area contributed by atoms with Crippen molar-refractivity contribution in [1.82, 2.24) is 9.88 Å². The molecule has 0 aliphatic carbocycles. The lowest BCUT2D eigenvalue weighted by atomic mass is 10.1. The third-order valence-corrected chi connectivity index (χ3v) is 3.69. The third-order valence-electron chi connectivity index (χ3n) is 3.69. The van der Waals surface area contributed by atoms with Crippen LogP contribution in [0.25, 0.3) is 10.9 Å². The van der Waals surface area contributed by atoms with E-state index in [9.17, 15) is 9.90 Å². The van der Waals surface area contributed by atoms with Gasteiger partial charge < -0.3 is 14.9 Å². The number of aromatic nitrogens is 1. The largest absolute Gasteiger partial charge is 0.481 e. The monoisotopic (exact) mass is 301 g/mol. The fraction of sp³-hybridized carbons (Fsp3) is 0.412. The number of pyridine rings is 1. The second-order valence-corrected chi connectivity index (χ2v) is 5.84. The molecular weight excluding hydrogens is 278 g/mol. The fourth-order valence-corrected chi connectivity index (χ4v) is 2.38. The quantitative estimate of drug-likeness (QED) is 0.850. The molecule has 2 rings (SSSR count). The van der Waals surface area contributed by atoms with Gasteiger partial charge in [-0.05, 0) is 26.2 Å². The highest BCUT2D eigenvalue weighted by atomic mass is 16.4. The first kappa shape index (κ1) is 16.2. The van der Waals surface area contributed by atoms with Crippen molar-refractivity contribution in [2.75, 3.05) is 38.6 Å². The molecule has 1 atom stereocenters. The number of hydrogen-bond donors (Lipinski definition) is 1. The van der Waals surface area contributed by atoms with Crippen LogP contribution < -0.4 is 4.90 Å². The summed E-state index contributed by atoms with van der Waals surface area (Å²) in [5, 5.41) is 10.3. The first-order valence-corrected chi connectivity index (χ1v) is 7.45. The lowest BCUT2D eigenvalue weighted by Gasteiger charge is -2.28. The lowest BCUT2D eigenvalue weighted by molar-refractivity contribution is -0.140. The van der Waals surface area contributed by atoms with Crippen molar-refractivity contribution in [1.29, 1.82) is 0 Å². The average molecular weight is 301 g/mol. The van der Waals surface area contributed by atoms with Crippen molar-refractivity contribution >= 4 is 22.6 Å². The lowest BCUT2D eigenvalue weighted by Crippen LogP contribution is -2.37. The van der Waals surface area contributed by atoms with E-state index in [1.54, 1.807) is 13.1 Å². The SMILES string of the molecule is CC(CN(CCN(C)C)c1cccc2cccnc12)C(=O)O. The molecule has 5 heteroatoms. The highest BCUT2D eigenvalue weighted by Gasteiger charge is 2.18. The number of anilines is 1. The minimum atomic E-state index is -0.775. The van der Waals surface area contributed by atoms with Gasteiger partial charge in [-0.1, -0.05) is 25.1 Å². The van der Waals surface area contributed by atoms with Crippen molar-refractivity contribution in [2.45, 2.75) is 6.92 Å². The Balaban J connectivity index is 2.35. The molecule has 0 aliphatic rings. The number of likely N-dealkylation sites (N-methyl/N-ethyl adjacent to an activating group) is 1. The van der Waals surface area contributed by atoms with E-state index in [0.717, 1.165) is 29.7 Å². The van der Waals surface area contributed by atoms with Gasteiger partial charge in [-0.25, -0.2) is 0 Å². The van der Waals surface area contributed by atoms with E-state index >= 15 is 0 Å². The number of fused-ring (bicyclic) bond motifs is 1. The molecule has 1 heterocycles. The van der Waals surface area contributed by atoms with Gasteiger partial charge in [0.15, 0.2) is 0 Å². The zero-order valence-corrected chi connectivity index (χ0v) is 13.4. The van der Waals surface area contributed by atoms with Gasteiger partial charge in [-0.2, -0.15) is 0 Å². The van der Waals surface area contributed by atoms with Crippen LogP contribution in [0.2, 0.25) is 0 Å². The Kier molecular flexibility index (Phi) is 5.33. The number of hydrogen-bond acceptors (Lipinski definition) is 4. The zero-order chi connectivity index (χ0) is 16.1. The van der Waals surface area contributed by atoms with Crippen LogP contribution in [0.15, 0.2) is 36.5 Å². The molecule has 0 saturated heterocycles. The van der Waals surface area contributed by atoms with Gasteiger partial charge in [0, 0.05) is 31.2 Å². The topological polar surface area (TPSA) is 56.7 Å². The van der Waals surface area contributed by atoms with Gasteiger partial charge in [-0.15, -0.1) is 0 Å². The van der Waals surface area contributed by atoms with Crippen LogP contribution in [0.1, 0.15) is 6.92 Å². The Morgan fingerprint density at radius 2 is 1.95 bits per heavy atom. The molecular formula is C17H23N3O2. The molecule has 1 unspecified atom stereocenters. The van der Waals surface area contributed by atoms with Crippen LogP contribution in [0.3, 0.4) is 0 Å². The van der Waals surface area contributed by atoms with E-state index in [1.165, 1.54) is 0 Å². The molecule has 0 radical (unpaired) electrons. The summed E-state index contributed by atoms with van der Waals surface area (Å²) < 4.78 is 0. The summed E-state index contributed by atoms with van der Waals surface area (Å²) >= 11 is 0. The maximum Gasteiger partial charge on any atom is 0.308 e. The third kappa shape index (κ3) is 3.95. The molecule has 22 heavy (non-hydrogen) atoms. The molecule has 0 spiro atoms. The molecule has 1 N–H and O–H groups in total. The van der Waals surface area contributed by atoms with Crippen molar-refractivity contribution in [3.05, 3.63) is 36.5 Å². The fourth-order valence-electron chi connectivity index (χ4n) is 2.38. The smallest absolute Gasteiger partial charge is 0.308 e. The number of rotatable bonds is 7. The maximum absolute atomic E-state index is 11.2. The van der Waals surface area contributed by atoms with Crippen LogP contribution >= 0.6 is 0 Å². The first-order chi connectivity index (χ1) is 10.5. The summed E-state index contributed by atoms with van der Waals surface area (Å²) in [4.78, 5) is 19.9. The number of carboxylic acids is 1. The Bertz CT molecular complexity index is 637. The molecule has 1 aromatic carbocycles. The number of aliphatic carboxylic acids is 1. The predicted molar refractivity (Wildman–Crippen MR) is 89.3 cm³/mol. The second-order valence-electron chi connectivity index (χ2n) is 5.84. The highest BCUT2D eigenvalue weighted by Crippen LogP contribution is 2.25. The van der Waals surface area contributed by atoms with Gasteiger partial charge in [0.05, 0.1) is 17.1 Å². The minimum absolute atomic E-state index is 0.430. The average Bonchev–Trinajstić information content (AvgIpc) is 2.50. The van der Waals surface area contributed by atoms with Gasteiger partial charge in [0.1, 0.15) is 0 Å². The Labute approximate surface area is 131 Å². The number of carboxylic acid groups (broad SMARTS) is 1. The van der Waals surface area contributed by atoms with Gasteiger partial charge in [0.2, 0.25) is 0 Å². The molecule has 0 bridgehead atoms. The number of carbonyl (C=O) groups is 1. The summed E-state index contributed by atoms with van der Waals surface area (Å²) in [5.41, 5.74) is 1.91. The van der Waals surface area contributed by atoms with E-state index in [1.807, 2.05) is 44.4 Å². The normalized spacial score (nSPS) is 12.5. The number of benzene rings is 1. The van der Waals surface area contributed by atoms with Crippen LogP contribution in [-0.4, -0.2) is 54.7 Å². The standard InChI is InChI=1S/C17H23N3O2/c1-13(17(21)22)12-20(11-10-19(2)3)15-8-4-6-14-7-5-9-18-16(14)15/h4-9,13H,10-12H2,1-3H3,(H,21,22). The van der Waals surface area contributed by atoms with Crippen LogP contribution in [0.4, 0.5) is 5.69 Å². The van der Waals surface area contributed by atoms with Gasteiger partial charge >= 0.3 is 5.97 Å². The molecule has 118 valence electrons. The molecule has 0 saturated carbocycles. The summed E-state index contributed by atoms with van der Waals surface area (Å²) in [6, 6.07) is 9.97. The van der Waals surface area contributed by atoms with Gasteiger partial charge in [-0.3, -0.25) is 9.78 Å². The molecule has 0 fully saturated rings. The predicted octanol–water partition coefficient (Wildman–Crippen LogP) is 2.32. The highest BCUT2D eigenvalue weighted by molar-refractivity contribution is 5.90. The van der Waals surface area contributed by atoms with E-state index in [2.05, 4.69) is 14.8 Å². The molecule has 0 amide bonds. The Morgan fingerprint density at radius 1 is 1.23 bits per heavy atom. The zero-order valence-electron chi connectivity index (χ0n) is 13.4. The second kappa shape index (κ2) is 7.22. The van der Waals surface area contributed by atoms with Crippen LogP contribution in [-0.2, 0) is 4.79 Å². The van der Waals surface area contributed by atoms with Crippen molar-refractivity contribution in [2.24, 2.45) is 5.92 Å². The van der Waals surface area contributed by atoms with Crippen molar-refractivity contribution in [3.8, 4) is 0 Å². The van der Waals surface area contributed by atoms with E-state index in [-0.39, 0.29) is 0 Å². The number of nitrogens with zero attached hydrogens (tertiary/aromatic N) is 3. The Morgan fingerprint density at radius 3 is 2.64 bits per heavy atom.